The Morgan fingerprint density at radius 1 is 1.54 bits per heavy atom. The molecular formula is C8H8N2OS2. The molecule has 0 aliphatic carbocycles. The third-order valence-corrected chi connectivity index (χ3v) is 3.36. The van der Waals surface area contributed by atoms with Crippen LogP contribution in [0.25, 0.3) is 0 Å². The first-order valence-electron chi connectivity index (χ1n) is 3.78. The van der Waals surface area contributed by atoms with Crippen LogP contribution in [0.4, 0.5) is 0 Å². The summed E-state index contributed by atoms with van der Waals surface area (Å²) >= 11 is 3.27. The number of thiazole rings is 1. The lowest BCUT2D eigenvalue weighted by Gasteiger charge is -1.90. The van der Waals surface area contributed by atoms with Gasteiger partial charge in [0.25, 0.3) is 5.22 Å². The quantitative estimate of drug-likeness (QED) is 0.733. The summed E-state index contributed by atoms with van der Waals surface area (Å²) in [6, 6.07) is 0. The largest absolute Gasteiger partial charge is 0.440 e. The maximum atomic E-state index is 5.09. The number of rotatable bonds is 3. The minimum absolute atomic E-state index is 0.702. The average Bonchev–Trinajstić information content (AvgIpc) is 2.71. The number of oxazole rings is 1. The molecule has 2 aromatic heterocycles. The summed E-state index contributed by atoms with van der Waals surface area (Å²) in [5, 5.41) is 1.81. The van der Waals surface area contributed by atoms with Crippen molar-refractivity contribution < 1.29 is 4.42 Å². The van der Waals surface area contributed by atoms with Crippen molar-refractivity contribution in [2.24, 2.45) is 0 Å². The van der Waals surface area contributed by atoms with E-state index in [1.165, 1.54) is 4.88 Å². The SMILES string of the molecule is Cc1cnc(CSc2ncco2)s1. The van der Waals surface area contributed by atoms with Gasteiger partial charge >= 0.3 is 0 Å². The van der Waals surface area contributed by atoms with Crippen LogP contribution in [0, 0.1) is 6.92 Å². The predicted octanol–water partition coefficient (Wildman–Crippen LogP) is 2.73. The van der Waals surface area contributed by atoms with Crippen LogP contribution < -0.4 is 0 Å². The zero-order valence-electron chi connectivity index (χ0n) is 7.06. The van der Waals surface area contributed by atoms with E-state index in [0.717, 1.165) is 10.8 Å². The van der Waals surface area contributed by atoms with Gasteiger partial charge in [0.15, 0.2) is 0 Å². The summed E-state index contributed by atoms with van der Waals surface area (Å²) in [7, 11) is 0. The molecule has 0 unspecified atom stereocenters. The van der Waals surface area contributed by atoms with Crippen LogP contribution in [0.15, 0.2) is 28.3 Å². The molecule has 13 heavy (non-hydrogen) atoms. The van der Waals surface area contributed by atoms with E-state index in [4.69, 9.17) is 4.42 Å². The van der Waals surface area contributed by atoms with E-state index >= 15 is 0 Å². The van der Waals surface area contributed by atoms with Gasteiger partial charge in [-0.2, -0.15) is 0 Å². The van der Waals surface area contributed by atoms with Crippen molar-refractivity contribution in [3.63, 3.8) is 0 Å². The zero-order chi connectivity index (χ0) is 9.10. The van der Waals surface area contributed by atoms with Gasteiger partial charge in [-0.15, -0.1) is 11.3 Å². The summed E-state index contributed by atoms with van der Waals surface area (Å²) < 4.78 is 5.09. The number of aryl methyl sites for hydroxylation is 1. The molecule has 0 N–H and O–H groups in total. The predicted molar refractivity (Wildman–Crippen MR) is 52.9 cm³/mol. The van der Waals surface area contributed by atoms with Crippen LogP contribution >= 0.6 is 23.1 Å². The third kappa shape index (κ3) is 2.32. The number of thioether (sulfide) groups is 1. The molecular weight excluding hydrogens is 204 g/mol. The molecule has 0 saturated carbocycles. The zero-order valence-corrected chi connectivity index (χ0v) is 8.69. The lowest BCUT2D eigenvalue weighted by atomic mass is 10.6. The van der Waals surface area contributed by atoms with E-state index in [2.05, 4.69) is 16.9 Å². The fraction of sp³-hybridized carbons (Fsp3) is 0.250. The van der Waals surface area contributed by atoms with E-state index in [-0.39, 0.29) is 0 Å². The second-order valence-electron chi connectivity index (χ2n) is 2.45. The highest BCUT2D eigenvalue weighted by Gasteiger charge is 2.02. The maximum Gasteiger partial charge on any atom is 0.255 e. The summed E-state index contributed by atoms with van der Waals surface area (Å²) in [4.78, 5) is 9.49. The Morgan fingerprint density at radius 2 is 2.46 bits per heavy atom. The van der Waals surface area contributed by atoms with E-state index in [1.807, 2.05) is 6.20 Å². The number of hydrogen-bond acceptors (Lipinski definition) is 5. The first kappa shape index (κ1) is 8.77. The molecule has 0 aliphatic heterocycles. The van der Waals surface area contributed by atoms with Gasteiger partial charge in [0.05, 0.1) is 11.9 Å². The average molecular weight is 212 g/mol. The smallest absolute Gasteiger partial charge is 0.255 e. The third-order valence-electron chi connectivity index (χ3n) is 1.40. The Kier molecular flexibility index (Phi) is 2.65. The highest BCUT2D eigenvalue weighted by Crippen LogP contribution is 2.23. The lowest BCUT2D eigenvalue weighted by molar-refractivity contribution is 0.454. The highest BCUT2D eigenvalue weighted by atomic mass is 32.2. The lowest BCUT2D eigenvalue weighted by Crippen LogP contribution is -1.76. The standard InChI is InChI=1S/C8H8N2OS2/c1-6-4-10-7(13-6)5-12-8-9-2-3-11-8/h2-4H,5H2,1H3. The van der Waals surface area contributed by atoms with Gasteiger partial charge in [-0.1, -0.05) is 11.8 Å². The molecule has 0 atom stereocenters. The van der Waals surface area contributed by atoms with Crippen molar-refractivity contribution in [1.29, 1.82) is 0 Å². The van der Waals surface area contributed by atoms with Crippen LogP contribution in [0.3, 0.4) is 0 Å². The van der Waals surface area contributed by atoms with Gasteiger partial charge in [-0.3, -0.25) is 0 Å². The first-order chi connectivity index (χ1) is 6.34. The molecule has 2 rings (SSSR count). The Morgan fingerprint density at radius 3 is 3.08 bits per heavy atom. The first-order valence-corrected chi connectivity index (χ1v) is 5.58. The van der Waals surface area contributed by atoms with E-state index in [9.17, 15) is 0 Å². The number of hydrogen-bond donors (Lipinski definition) is 0. The van der Waals surface area contributed by atoms with Crippen molar-refractivity contribution in [3.8, 4) is 0 Å². The van der Waals surface area contributed by atoms with Crippen molar-refractivity contribution >= 4 is 23.1 Å². The molecule has 68 valence electrons. The van der Waals surface area contributed by atoms with Gasteiger partial charge in [-0.25, -0.2) is 9.97 Å². The summed E-state index contributed by atoms with van der Waals surface area (Å²) in [5.41, 5.74) is 0. The fourth-order valence-electron chi connectivity index (χ4n) is 0.873. The number of nitrogens with zero attached hydrogens (tertiary/aromatic N) is 2. The maximum absolute atomic E-state index is 5.09. The molecule has 0 bridgehead atoms. The monoisotopic (exact) mass is 212 g/mol. The number of aromatic nitrogens is 2. The molecule has 0 amide bonds. The van der Waals surface area contributed by atoms with Crippen LogP contribution in [0.2, 0.25) is 0 Å². The minimum Gasteiger partial charge on any atom is -0.440 e. The van der Waals surface area contributed by atoms with Crippen LogP contribution in [-0.4, -0.2) is 9.97 Å². The fourth-order valence-corrected chi connectivity index (χ4v) is 2.45. The van der Waals surface area contributed by atoms with Crippen molar-refractivity contribution in [3.05, 3.63) is 28.5 Å². The Balaban J connectivity index is 1.93. The molecule has 2 heterocycles. The summed E-state index contributed by atoms with van der Waals surface area (Å²) in [5.74, 6) is 0.832. The molecule has 0 radical (unpaired) electrons. The molecule has 2 aromatic rings. The molecule has 0 fully saturated rings. The van der Waals surface area contributed by atoms with Crippen molar-refractivity contribution in [2.75, 3.05) is 0 Å². The normalized spacial score (nSPS) is 10.5. The van der Waals surface area contributed by atoms with Gasteiger partial charge in [-0.05, 0) is 6.92 Å². The molecule has 0 saturated heterocycles. The molecule has 0 aliphatic rings. The molecule has 0 spiro atoms. The molecule has 3 nitrogen and oxygen atoms in total. The Labute approximate surface area is 84.2 Å². The summed E-state index contributed by atoms with van der Waals surface area (Å²) in [6.45, 7) is 2.05. The van der Waals surface area contributed by atoms with Crippen LogP contribution in [0.5, 0.6) is 0 Å². The van der Waals surface area contributed by atoms with E-state index < -0.39 is 0 Å². The molecule has 5 heteroatoms. The van der Waals surface area contributed by atoms with Crippen molar-refractivity contribution in [1.82, 2.24) is 9.97 Å². The Bertz CT molecular complexity index is 369. The van der Waals surface area contributed by atoms with E-state index in [1.54, 1.807) is 35.6 Å². The van der Waals surface area contributed by atoms with Gasteiger partial charge in [0, 0.05) is 11.1 Å². The Hall–Kier alpha value is -0.810. The van der Waals surface area contributed by atoms with Crippen molar-refractivity contribution in [2.45, 2.75) is 17.9 Å². The topological polar surface area (TPSA) is 38.9 Å². The van der Waals surface area contributed by atoms with Crippen LogP contribution in [0.1, 0.15) is 9.88 Å². The second kappa shape index (κ2) is 3.93. The van der Waals surface area contributed by atoms with Crippen LogP contribution in [-0.2, 0) is 5.75 Å². The van der Waals surface area contributed by atoms with Gasteiger partial charge < -0.3 is 4.42 Å². The molecule has 0 aromatic carbocycles. The van der Waals surface area contributed by atoms with Gasteiger partial charge in [0.1, 0.15) is 11.3 Å². The highest BCUT2D eigenvalue weighted by molar-refractivity contribution is 7.98. The van der Waals surface area contributed by atoms with Gasteiger partial charge in [0.2, 0.25) is 0 Å². The van der Waals surface area contributed by atoms with E-state index in [0.29, 0.717) is 5.22 Å². The second-order valence-corrected chi connectivity index (χ2v) is 4.70. The minimum atomic E-state index is 0.702. The summed E-state index contributed by atoms with van der Waals surface area (Å²) in [6.07, 6.45) is 5.11.